The van der Waals surface area contributed by atoms with Crippen molar-refractivity contribution >= 4 is 16.7 Å². The van der Waals surface area contributed by atoms with Crippen LogP contribution < -0.4 is 10.1 Å². The van der Waals surface area contributed by atoms with E-state index in [1.807, 2.05) is 36.4 Å². The van der Waals surface area contributed by atoms with Crippen molar-refractivity contribution in [1.82, 2.24) is 10.2 Å². The molecule has 1 saturated heterocycles. The molecule has 0 spiro atoms. The van der Waals surface area contributed by atoms with E-state index in [1.54, 1.807) is 0 Å². The summed E-state index contributed by atoms with van der Waals surface area (Å²) in [6, 6.07) is 14.7. The second-order valence-electron chi connectivity index (χ2n) is 7.17. The van der Waals surface area contributed by atoms with E-state index < -0.39 is 0 Å². The topological polar surface area (TPSA) is 41.6 Å². The Morgan fingerprint density at radius 3 is 2.60 bits per heavy atom. The molecule has 2 aromatic rings. The number of piperidine rings is 1. The summed E-state index contributed by atoms with van der Waals surface area (Å²) in [7, 11) is 0. The largest absolute Gasteiger partial charge is 0.484 e. The molecule has 3 rings (SSSR count). The maximum absolute atomic E-state index is 12.0. The number of hydrogen-bond acceptors (Lipinski definition) is 3. The van der Waals surface area contributed by atoms with Gasteiger partial charge in [-0.2, -0.15) is 0 Å². The minimum Gasteiger partial charge on any atom is -0.484 e. The Morgan fingerprint density at radius 1 is 1.16 bits per heavy atom. The number of hydrogen-bond donors (Lipinski definition) is 1. The monoisotopic (exact) mass is 340 g/mol. The summed E-state index contributed by atoms with van der Waals surface area (Å²) in [5.41, 5.74) is 0. The van der Waals surface area contributed by atoms with Gasteiger partial charge in [-0.3, -0.25) is 4.79 Å². The molecule has 0 saturated carbocycles. The van der Waals surface area contributed by atoms with Crippen LogP contribution in [0.1, 0.15) is 26.7 Å². The summed E-state index contributed by atoms with van der Waals surface area (Å²) >= 11 is 0. The highest BCUT2D eigenvalue weighted by molar-refractivity contribution is 5.84. The zero-order valence-electron chi connectivity index (χ0n) is 15.2. The van der Waals surface area contributed by atoms with Gasteiger partial charge in [0, 0.05) is 12.6 Å². The Balaban J connectivity index is 1.40. The van der Waals surface area contributed by atoms with Gasteiger partial charge in [-0.15, -0.1) is 0 Å². The molecule has 0 atom stereocenters. The third-order valence-corrected chi connectivity index (χ3v) is 5.06. The van der Waals surface area contributed by atoms with Gasteiger partial charge >= 0.3 is 0 Å². The van der Waals surface area contributed by atoms with Crippen LogP contribution in [0, 0.1) is 5.92 Å². The van der Waals surface area contributed by atoms with Gasteiger partial charge in [-0.1, -0.05) is 30.3 Å². The first-order chi connectivity index (χ1) is 12.1. The molecule has 1 amide bonds. The lowest BCUT2D eigenvalue weighted by molar-refractivity contribution is -0.123. The van der Waals surface area contributed by atoms with Crippen LogP contribution in [0.15, 0.2) is 42.5 Å². The van der Waals surface area contributed by atoms with Gasteiger partial charge in [0.2, 0.25) is 0 Å². The van der Waals surface area contributed by atoms with Crippen LogP contribution in [0.3, 0.4) is 0 Å². The van der Waals surface area contributed by atoms with Crippen LogP contribution in [0.25, 0.3) is 10.8 Å². The number of fused-ring (bicyclic) bond motifs is 1. The lowest BCUT2D eigenvalue weighted by atomic mass is 9.96. The first-order valence-electron chi connectivity index (χ1n) is 9.24. The number of nitrogens with one attached hydrogen (secondary N) is 1. The Morgan fingerprint density at radius 2 is 1.88 bits per heavy atom. The van der Waals surface area contributed by atoms with E-state index in [-0.39, 0.29) is 12.5 Å². The van der Waals surface area contributed by atoms with E-state index in [0.29, 0.717) is 12.0 Å². The molecule has 0 unspecified atom stereocenters. The smallest absolute Gasteiger partial charge is 0.257 e. The molecule has 2 aromatic carbocycles. The summed E-state index contributed by atoms with van der Waals surface area (Å²) in [5, 5.41) is 5.32. The quantitative estimate of drug-likeness (QED) is 0.876. The zero-order chi connectivity index (χ0) is 17.6. The van der Waals surface area contributed by atoms with E-state index in [4.69, 9.17) is 4.74 Å². The maximum Gasteiger partial charge on any atom is 0.257 e. The van der Waals surface area contributed by atoms with Crippen LogP contribution in [0.2, 0.25) is 0 Å². The number of ether oxygens (including phenoxy) is 1. The molecule has 0 aliphatic carbocycles. The predicted molar refractivity (Wildman–Crippen MR) is 102 cm³/mol. The summed E-state index contributed by atoms with van der Waals surface area (Å²) < 4.78 is 5.64. The van der Waals surface area contributed by atoms with E-state index in [0.717, 1.165) is 43.6 Å². The molecule has 4 nitrogen and oxygen atoms in total. The average Bonchev–Trinajstić information content (AvgIpc) is 2.65. The van der Waals surface area contributed by atoms with Gasteiger partial charge in [-0.05, 0) is 68.6 Å². The van der Waals surface area contributed by atoms with Crippen molar-refractivity contribution in [2.75, 3.05) is 26.2 Å². The number of nitrogens with zero attached hydrogens (tertiary/aromatic N) is 1. The van der Waals surface area contributed by atoms with E-state index in [2.05, 4.69) is 30.1 Å². The molecule has 1 fully saturated rings. The average molecular weight is 340 g/mol. The summed E-state index contributed by atoms with van der Waals surface area (Å²) in [5.74, 6) is 1.28. The number of amides is 1. The van der Waals surface area contributed by atoms with Crippen molar-refractivity contribution in [1.29, 1.82) is 0 Å². The molecule has 4 heteroatoms. The summed E-state index contributed by atoms with van der Waals surface area (Å²) in [6.07, 6.45) is 2.31. The van der Waals surface area contributed by atoms with Crippen molar-refractivity contribution in [3.8, 4) is 5.75 Å². The second kappa shape index (κ2) is 8.34. The van der Waals surface area contributed by atoms with Gasteiger partial charge in [0.15, 0.2) is 6.61 Å². The van der Waals surface area contributed by atoms with Crippen LogP contribution >= 0.6 is 0 Å². The van der Waals surface area contributed by atoms with Gasteiger partial charge in [0.25, 0.3) is 5.91 Å². The van der Waals surface area contributed by atoms with Crippen LogP contribution in [-0.4, -0.2) is 43.1 Å². The highest BCUT2D eigenvalue weighted by atomic mass is 16.5. The lowest BCUT2D eigenvalue weighted by Crippen LogP contribution is -2.42. The maximum atomic E-state index is 12.0. The van der Waals surface area contributed by atoms with Gasteiger partial charge in [0.05, 0.1) is 0 Å². The number of benzene rings is 2. The van der Waals surface area contributed by atoms with E-state index >= 15 is 0 Å². The molecule has 1 aliphatic rings. The van der Waals surface area contributed by atoms with Crippen molar-refractivity contribution in [3.63, 3.8) is 0 Å². The standard InChI is InChI=1S/C21H28N2O2/c1-16(2)23-11-9-17(10-12-23)14-22-21(24)15-25-20-8-7-18-5-3-4-6-19(18)13-20/h3-8,13,16-17H,9-12,14-15H2,1-2H3,(H,22,24). The Hall–Kier alpha value is -2.07. The number of carbonyl (C=O) groups is 1. The number of carbonyl (C=O) groups excluding carboxylic acids is 1. The highest BCUT2D eigenvalue weighted by Gasteiger charge is 2.21. The fourth-order valence-electron chi connectivity index (χ4n) is 3.39. The minimum absolute atomic E-state index is 0.0422. The Kier molecular flexibility index (Phi) is 5.92. The normalized spacial score (nSPS) is 16.3. The van der Waals surface area contributed by atoms with Crippen molar-refractivity contribution in [3.05, 3.63) is 42.5 Å². The van der Waals surface area contributed by atoms with E-state index in [9.17, 15) is 4.79 Å². The molecule has 1 heterocycles. The summed E-state index contributed by atoms with van der Waals surface area (Å²) in [4.78, 5) is 14.5. The molecule has 25 heavy (non-hydrogen) atoms. The highest BCUT2D eigenvalue weighted by Crippen LogP contribution is 2.20. The molecule has 1 aliphatic heterocycles. The number of rotatable bonds is 6. The Labute approximate surface area is 150 Å². The third-order valence-electron chi connectivity index (χ3n) is 5.06. The van der Waals surface area contributed by atoms with Gasteiger partial charge < -0.3 is 15.0 Å². The zero-order valence-corrected chi connectivity index (χ0v) is 15.2. The van der Waals surface area contributed by atoms with Crippen LogP contribution in [0.4, 0.5) is 0 Å². The fraction of sp³-hybridized carbons (Fsp3) is 0.476. The minimum atomic E-state index is -0.0422. The molecule has 134 valence electrons. The van der Waals surface area contributed by atoms with Crippen LogP contribution in [0.5, 0.6) is 5.75 Å². The lowest BCUT2D eigenvalue weighted by Gasteiger charge is -2.34. The van der Waals surface area contributed by atoms with E-state index in [1.165, 1.54) is 5.39 Å². The summed E-state index contributed by atoms with van der Waals surface area (Å²) in [6.45, 7) is 7.57. The van der Waals surface area contributed by atoms with Crippen molar-refractivity contribution in [2.24, 2.45) is 5.92 Å². The SMILES string of the molecule is CC(C)N1CCC(CNC(=O)COc2ccc3ccccc3c2)CC1. The Bertz CT molecular complexity index is 706. The molecular formula is C21H28N2O2. The first-order valence-corrected chi connectivity index (χ1v) is 9.24. The molecule has 0 bridgehead atoms. The molecule has 0 aromatic heterocycles. The third kappa shape index (κ3) is 4.95. The molecular weight excluding hydrogens is 312 g/mol. The fourth-order valence-corrected chi connectivity index (χ4v) is 3.39. The van der Waals surface area contributed by atoms with Crippen molar-refractivity contribution < 1.29 is 9.53 Å². The predicted octanol–water partition coefficient (Wildman–Crippen LogP) is 3.46. The van der Waals surface area contributed by atoms with Gasteiger partial charge in [-0.25, -0.2) is 0 Å². The second-order valence-corrected chi connectivity index (χ2v) is 7.17. The number of likely N-dealkylation sites (tertiary alicyclic amines) is 1. The van der Waals surface area contributed by atoms with Crippen molar-refractivity contribution in [2.45, 2.75) is 32.7 Å². The first kappa shape index (κ1) is 17.7. The molecule has 1 N–H and O–H groups in total. The van der Waals surface area contributed by atoms with Crippen LogP contribution in [-0.2, 0) is 4.79 Å². The van der Waals surface area contributed by atoms with Gasteiger partial charge in [0.1, 0.15) is 5.75 Å². The molecule has 0 radical (unpaired) electrons.